The van der Waals surface area contributed by atoms with Gasteiger partial charge >= 0.3 is 0 Å². The molecule has 8 heteroatoms. The molecule has 0 aromatic carbocycles. The number of aromatic nitrogens is 7. The number of hydrogen-bond donors (Lipinski definition) is 0. The van der Waals surface area contributed by atoms with E-state index >= 15 is 0 Å². The second-order valence-corrected chi connectivity index (χ2v) is 8.18. The predicted octanol–water partition coefficient (Wildman–Crippen LogP) is 2.90. The largest absolute Gasteiger partial charge is 0.356 e. The molecule has 152 valence electrons. The van der Waals surface area contributed by atoms with Gasteiger partial charge < -0.3 is 9.47 Å². The highest BCUT2D eigenvalue weighted by Gasteiger charge is 2.33. The van der Waals surface area contributed by atoms with Crippen molar-refractivity contribution in [1.29, 1.82) is 0 Å². The first-order chi connectivity index (χ1) is 14.2. The number of aryl methyl sites for hydroxylation is 2. The van der Waals surface area contributed by atoms with Crippen molar-refractivity contribution in [2.24, 2.45) is 0 Å². The first-order valence-electron chi connectivity index (χ1n) is 10.7. The summed E-state index contributed by atoms with van der Waals surface area (Å²) in [5.41, 5.74) is 1.05. The Morgan fingerprint density at radius 1 is 1.07 bits per heavy atom. The molecule has 4 heterocycles. The van der Waals surface area contributed by atoms with Gasteiger partial charge in [0.2, 0.25) is 0 Å². The second kappa shape index (κ2) is 7.57. The molecule has 0 amide bonds. The van der Waals surface area contributed by atoms with Crippen molar-refractivity contribution in [3.8, 4) is 0 Å². The fourth-order valence-corrected chi connectivity index (χ4v) is 4.29. The van der Waals surface area contributed by atoms with Gasteiger partial charge in [0.25, 0.3) is 0 Å². The number of anilines is 1. The molecule has 3 aromatic rings. The average Bonchev–Trinajstić information content (AvgIpc) is 3.28. The molecule has 0 spiro atoms. The summed E-state index contributed by atoms with van der Waals surface area (Å²) in [6.45, 7) is 6.84. The van der Waals surface area contributed by atoms with E-state index in [9.17, 15) is 0 Å². The molecule has 2 aliphatic rings. The van der Waals surface area contributed by atoms with Crippen LogP contribution in [-0.2, 0) is 13.0 Å². The highest BCUT2D eigenvalue weighted by atomic mass is 15.3. The minimum absolute atomic E-state index is 0.458. The highest BCUT2D eigenvalue weighted by molar-refractivity contribution is 5.40. The van der Waals surface area contributed by atoms with Crippen molar-refractivity contribution < 1.29 is 0 Å². The summed E-state index contributed by atoms with van der Waals surface area (Å²) < 4.78 is 4.34. The topological polar surface area (TPSA) is 77.5 Å². The second-order valence-electron chi connectivity index (χ2n) is 8.18. The molecule has 3 aromatic heterocycles. The van der Waals surface area contributed by atoms with Gasteiger partial charge in [-0.15, -0.1) is 10.2 Å². The van der Waals surface area contributed by atoms with E-state index in [0.717, 1.165) is 55.5 Å². The van der Waals surface area contributed by atoms with Crippen LogP contribution in [0.3, 0.4) is 0 Å². The molecule has 0 N–H and O–H groups in total. The standard InChI is InChI=1S/C21H28N8/c1-3-18-23-15(2)13-19(24-18)27-11-7-16(8-12-27)21-26-25-20(29(21)17-5-6-17)14-28-10-4-9-22-28/h4,9-10,13,16-17H,3,5-8,11-12,14H2,1-2H3. The quantitative estimate of drug-likeness (QED) is 0.642. The van der Waals surface area contributed by atoms with Crippen LogP contribution in [0.2, 0.25) is 0 Å². The van der Waals surface area contributed by atoms with Gasteiger partial charge in [-0.25, -0.2) is 9.97 Å². The Hall–Kier alpha value is -2.77. The molecule has 5 rings (SSSR count). The minimum Gasteiger partial charge on any atom is -0.356 e. The Labute approximate surface area is 171 Å². The Bertz CT molecular complexity index is 965. The molecule has 0 atom stereocenters. The molecule has 0 unspecified atom stereocenters. The fraction of sp³-hybridized carbons (Fsp3) is 0.571. The third kappa shape index (κ3) is 3.75. The maximum atomic E-state index is 4.75. The summed E-state index contributed by atoms with van der Waals surface area (Å²) >= 11 is 0. The van der Waals surface area contributed by atoms with E-state index in [1.54, 1.807) is 0 Å². The monoisotopic (exact) mass is 392 g/mol. The van der Waals surface area contributed by atoms with Gasteiger partial charge in [-0.1, -0.05) is 6.92 Å². The summed E-state index contributed by atoms with van der Waals surface area (Å²) in [5, 5.41) is 13.5. The third-order valence-corrected chi connectivity index (χ3v) is 5.95. The zero-order valence-corrected chi connectivity index (χ0v) is 17.2. The first-order valence-corrected chi connectivity index (χ1v) is 10.7. The molecule has 29 heavy (non-hydrogen) atoms. The number of rotatable bonds is 6. The number of piperidine rings is 1. The molecular weight excluding hydrogens is 364 g/mol. The molecule has 1 aliphatic carbocycles. The first kappa shape index (κ1) is 18.3. The van der Waals surface area contributed by atoms with E-state index in [1.807, 2.05) is 23.1 Å². The van der Waals surface area contributed by atoms with Crippen molar-refractivity contribution in [2.75, 3.05) is 18.0 Å². The van der Waals surface area contributed by atoms with Crippen molar-refractivity contribution in [3.05, 3.63) is 47.7 Å². The molecule has 1 aliphatic heterocycles. The van der Waals surface area contributed by atoms with E-state index in [4.69, 9.17) is 4.98 Å². The van der Waals surface area contributed by atoms with Crippen LogP contribution in [0, 0.1) is 6.92 Å². The zero-order chi connectivity index (χ0) is 19.8. The van der Waals surface area contributed by atoms with Crippen LogP contribution >= 0.6 is 0 Å². The van der Waals surface area contributed by atoms with E-state index < -0.39 is 0 Å². The summed E-state index contributed by atoms with van der Waals surface area (Å²) in [6, 6.07) is 4.63. The van der Waals surface area contributed by atoms with Gasteiger partial charge in [0.1, 0.15) is 24.0 Å². The smallest absolute Gasteiger partial charge is 0.155 e. The Kier molecular flexibility index (Phi) is 4.77. The lowest BCUT2D eigenvalue weighted by Crippen LogP contribution is -2.34. The van der Waals surface area contributed by atoms with Gasteiger partial charge in [0.05, 0.1) is 0 Å². The molecule has 8 nitrogen and oxygen atoms in total. The lowest BCUT2D eigenvalue weighted by molar-refractivity contribution is 0.458. The molecule has 1 saturated carbocycles. The minimum atomic E-state index is 0.458. The highest BCUT2D eigenvalue weighted by Crippen LogP contribution is 2.40. The van der Waals surface area contributed by atoms with Crippen molar-refractivity contribution >= 4 is 5.82 Å². The summed E-state index contributed by atoms with van der Waals surface area (Å²) in [4.78, 5) is 11.7. The van der Waals surface area contributed by atoms with Gasteiger partial charge in [-0.3, -0.25) is 4.68 Å². The number of nitrogens with zero attached hydrogens (tertiary/aromatic N) is 8. The van der Waals surface area contributed by atoms with E-state index in [-0.39, 0.29) is 0 Å². The maximum absolute atomic E-state index is 4.75. The Balaban J connectivity index is 1.32. The summed E-state index contributed by atoms with van der Waals surface area (Å²) in [7, 11) is 0. The maximum Gasteiger partial charge on any atom is 0.155 e. The van der Waals surface area contributed by atoms with Crippen molar-refractivity contribution in [3.63, 3.8) is 0 Å². The van der Waals surface area contributed by atoms with Crippen LogP contribution in [0.5, 0.6) is 0 Å². The van der Waals surface area contributed by atoms with E-state index in [2.05, 4.69) is 49.7 Å². The van der Waals surface area contributed by atoms with Crippen LogP contribution in [0.15, 0.2) is 24.5 Å². The molecule has 1 saturated heterocycles. The molecule has 0 bridgehead atoms. The average molecular weight is 393 g/mol. The van der Waals surface area contributed by atoms with E-state index in [0.29, 0.717) is 18.5 Å². The zero-order valence-electron chi connectivity index (χ0n) is 17.2. The summed E-state index contributed by atoms with van der Waals surface area (Å²) in [5.74, 6) is 4.66. The van der Waals surface area contributed by atoms with Crippen LogP contribution < -0.4 is 4.90 Å². The van der Waals surface area contributed by atoms with Gasteiger partial charge in [-0.2, -0.15) is 5.10 Å². The lowest BCUT2D eigenvalue weighted by atomic mass is 9.95. The SMILES string of the molecule is CCc1nc(C)cc(N2CCC(c3nnc(Cn4cccn4)n3C3CC3)CC2)n1. The summed E-state index contributed by atoms with van der Waals surface area (Å²) in [6.07, 6.45) is 9.29. The van der Waals surface area contributed by atoms with E-state index in [1.165, 1.54) is 18.7 Å². The third-order valence-electron chi connectivity index (χ3n) is 5.95. The van der Waals surface area contributed by atoms with Gasteiger partial charge in [0, 0.05) is 55.6 Å². The fourth-order valence-electron chi connectivity index (χ4n) is 4.29. The van der Waals surface area contributed by atoms with Crippen molar-refractivity contribution in [1.82, 2.24) is 34.5 Å². The van der Waals surface area contributed by atoms with Crippen LogP contribution in [0.25, 0.3) is 0 Å². The van der Waals surface area contributed by atoms with Crippen LogP contribution in [0.1, 0.15) is 67.7 Å². The molecule has 0 radical (unpaired) electrons. The van der Waals surface area contributed by atoms with Gasteiger partial charge in [-0.05, 0) is 38.7 Å². The lowest BCUT2D eigenvalue weighted by Gasteiger charge is -2.32. The Morgan fingerprint density at radius 2 is 1.90 bits per heavy atom. The van der Waals surface area contributed by atoms with Crippen molar-refractivity contribution in [2.45, 2.75) is 64.5 Å². The van der Waals surface area contributed by atoms with Crippen LogP contribution in [-0.4, -0.2) is 47.6 Å². The number of hydrogen-bond acceptors (Lipinski definition) is 6. The van der Waals surface area contributed by atoms with Gasteiger partial charge in [0.15, 0.2) is 5.82 Å². The molecular formula is C21H28N8. The Morgan fingerprint density at radius 3 is 2.59 bits per heavy atom. The molecule has 2 fully saturated rings. The predicted molar refractivity (Wildman–Crippen MR) is 110 cm³/mol. The normalized spacial score (nSPS) is 17.8. The van der Waals surface area contributed by atoms with Crippen LogP contribution in [0.4, 0.5) is 5.82 Å².